The van der Waals surface area contributed by atoms with E-state index in [1.54, 1.807) is 19.1 Å². The lowest BCUT2D eigenvalue weighted by Gasteiger charge is -2.15. The van der Waals surface area contributed by atoms with E-state index in [0.717, 1.165) is 0 Å². The molecule has 3 aromatic heterocycles. The average molecular weight is 589 g/mol. The summed E-state index contributed by atoms with van der Waals surface area (Å²) in [6.45, 7) is 8.56. The minimum absolute atomic E-state index is 0.0490. The fraction of sp³-hybridized carbons (Fsp3) is 0.182. The Hall–Kier alpha value is -4.65. The summed E-state index contributed by atoms with van der Waals surface area (Å²) in [5.74, 6) is -2.42. The van der Waals surface area contributed by atoms with Crippen LogP contribution in [0.25, 0.3) is 10.7 Å². The van der Waals surface area contributed by atoms with Crippen LogP contribution in [0.15, 0.2) is 41.0 Å². The Labute approximate surface area is 220 Å². The summed E-state index contributed by atoms with van der Waals surface area (Å²) in [6.07, 6.45) is -3.31. The van der Waals surface area contributed by atoms with Crippen LogP contribution in [0.5, 0.6) is 0 Å². The van der Waals surface area contributed by atoms with Gasteiger partial charge in [0.1, 0.15) is 12.2 Å². The third kappa shape index (κ3) is 5.37. The van der Waals surface area contributed by atoms with E-state index in [1.807, 2.05) is 0 Å². The largest absolute Gasteiger partial charge is 0.455 e. The van der Waals surface area contributed by atoms with Gasteiger partial charge in [-0.15, -0.1) is 10.2 Å². The Morgan fingerprint density at radius 2 is 1.95 bits per heavy atom. The van der Waals surface area contributed by atoms with Crippen molar-refractivity contribution in [2.24, 2.45) is 0 Å². The number of carbonyl (C=O) groups is 2. The molecule has 4 rings (SSSR count). The molecule has 0 fully saturated rings. The standard InChI is InChI=1S/C22H16BrF3N10O2/c1-11-7-12(27-2)8-14(19(37)28-3)17(11)30-20(38)16-9-13(10-35-33-21(31-34-35)22(24,25)26)32-36(16)18-15(23)5-4-6-29-18/h4-9H,10H2,1,3H3,(H,28,37)(H,30,38). The minimum Gasteiger partial charge on any atom is -0.355 e. The van der Waals surface area contributed by atoms with Crippen LogP contribution in [-0.4, -0.2) is 53.8 Å². The Bertz CT molecular complexity index is 1590. The maximum absolute atomic E-state index is 13.5. The van der Waals surface area contributed by atoms with E-state index in [0.29, 0.717) is 14.8 Å². The number of nitrogens with zero attached hydrogens (tertiary/aromatic N) is 8. The quantitative estimate of drug-likeness (QED) is 0.328. The molecule has 0 unspecified atom stereocenters. The first kappa shape index (κ1) is 26.4. The van der Waals surface area contributed by atoms with Crippen LogP contribution >= 0.6 is 15.9 Å². The van der Waals surface area contributed by atoms with Crippen LogP contribution in [-0.2, 0) is 12.7 Å². The Balaban J connectivity index is 1.76. The molecule has 1 aromatic carbocycles. The first-order valence-corrected chi connectivity index (χ1v) is 11.4. The molecule has 0 spiro atoms. The van der Waals surface area contributed by atoms with Crippen molar-refractivity contribution in [1.29, 1.82) is 0 Å². The number of rotatable bonds is 6. The van der Waals surface area contributed by atoms with Crippen LogP contribution < -0.4 is 10.6 Å². The Morgan fingerprint density at radius 1 is 1.18 bits per heavy atom. The highest BCUT2D eigenvalue weighted by atomic mass is 79.9. The number of hydrogen-bond acceptors (Lipinski definition) is 7. The molecule has 2 amide bonds. The molecule has 0 aliphatic carbocycles. The van der Waals surface area contributed by atoms with Crippen molar-refractivity contribution < 1.29 is 22.8 Å². The molecule has 3 heterocycles. The Morgan fingerprint density at radius 3 is 2.58 bits per heavy atom. The lowest BCUT2D eigenvalue weighted by Crippen LogP contribution is -2.23. The third-order valence-corrected chi connectivity index (χ3v) is 5.72. The summed E-state index contributed by atoms with van der Waals surface area (Å²) >= 11 is 3.35. The number of benzene rings is 1. The maximum Gasteiger partial charge on any atom is 0.455 e. The number of aryl methyl sites for hydroxylation is 1. The second-order valence-electron chi connectivity index (χ2n) is 7.71. The molecule has 0 aliphatic rings. The highest BCUT2D eigenvalue weighted by molar-refractivity contribution is 9.10. The van der Waals surface area contributed by atoms with Gasteiger partial charge in [0, 0.05) is 13.2 Å². The fourth-order valence-electron chi connectivity index (χ4n) is 3.42. The number of alkyl halides is 3. The summed E-state index contributed by atoms with van der Waals surface area (Å²) in [5, 5.41) is 19.2. The molecule has 0 aliphatic heterocycles. The SMILES string of the molecule is [C-]#[N+]c1cc(C)c(NC(=O)c2cc(Cn3nnc(C(F)(F)F)n3)nn2-c2ncccc2Br)c(C(=O)NC)c1. The van der Waals surface area contributed by atoms with Crippen LogP contribution in [0.3, 0.4) is 0 Å². The van der Waals surface area contributed by atoms with Crippen LogP contribution in [0.2, 0.25) is 0 Å². The number of halogens is 4. The number of anilines is 1. The lowest BCUT2D eigenvalue weighted by atomic mass is 10.1. The number of pyridine rings is 1. The van der Waals surface area contributed by atoms with Crippen molar-refractivity contribution >= 4 is 39.1 Å². The number of carbonyl (C=O) groups excluding carboxylic acids is 2. The topological polar surface area (TPSA) is 137 Å². The highest BCUT2D eigenvalue weighted by Crippen LogP contribution is 2.29. The summed E-state index contributed by atoms with van der Waals surface area (Å²) in [6, 6.07) is 7.50. The predicted octanol–water partition coefficient (Wildman–Crippen LogP) is 3.55. The molecule has 0 bridgehead atoms. The van der Waals surface area contributed by atoms with Crippen LogP contribution in [0, 0.1) is 13.5 Å². The van der Waals surface area contributed by atoms with E-state index >= 15 is 0 Å². The van der Waals surface area contributed by atoms with Crippen molar-refractivity contribution in [1.82, 2.24) is 40.3 Å². The molecular formula is C22H16BrF3N10O2. The van der Waals surface area contributed by atoms with Crippen molar-refractivity contribution in [3.8, 4) is 5.82 Å². The molecule has 12 nitrogen and oxygen atoms in total. The molecular weight excluding hydrogens is 573 g/mol. The zero-order valence-corrected chi connectivity index (χ0v) is 21.2. The van der Waals surface area contributed by atoms with Crippen LogP contribution in [0.1, 0.15) is 37.9 Å². The van der Waals surface area contributed by atoms with Crippen molar-refractivity contribution in [3.63, 3.8) is 0 Å². The van der Waals surface area contributed by atoms with Crippen molar-refractivity contribution in [2.75, 3.05) is 12.4 Å². The summed E-state index contributed by atoms with van der Waals surface area (Å²) in [7, 11) is 1.41. The first-order chi connectivity index (χ1) is 18.0. The van der Waals surface area contributed by atoms with E-state index in [9.17, 15) is 22.8 Å². The number of hydrogen-bond donors (Lipinski definition) is 2. The van der Waals surface area contributed by atoms with E-state index in [1.165, 1.54) is 36.1 Å². The van der Waals surface area contributed by atoms with E-state index in [4.69, 9.17) is 6.57 Å². The zero-order valence-electron chi connectivity index (χ0n) is 19.6. The van der Waals surface area contributed by atoms with Gasteiger partial charge in [-0.1, -0.05) is 6.07 Å². The smallest absolute Gasteiger partial charge is 0.355 e. The molecule has 0 radical (unpaired) electrons. The molecule has 4 aromatic rings. The third-order valence-electron chi connectivity index (χ3n) is 5.10. The molecule has 2 N–H and O–H groups in total. The van der Waals surface area contributed by atoms with Gasteiger partial charge in [-0.05, 0) is 57.9 Å². The van der Waals surface area contributed by atoms with Gasteiger partial charge < -0.3 is 10.6 Å². The minimum atomic E-state index is -4.77. The normalized spacial score (nSPS) is 11.2. The van der Waals surface area contributed by atoms with Gasteiger partial charge in [0.2, 0.25) is 0 Å². The average Bonchev–Trinajstić information content (AvgIpc) is 3.52. The molecule has 16 heteroatoms. The predicted molar refractivity (Wildman–Crippen MR) is 130 cm³/mol. The number of amides is 2. The van der Waals surface area contributed by atoms with E-state index in [2.05, 4.69) is 56.9 Å². The Kier molecular flexibility index (Phi) is 7.21. The first-order valence-electron chi connectivity index (χ1n) is 10.6. The van der Waals surface area contributed by atoms with Gasteiger partial charge >= 0.3 is 6.18 Å². The second-order valence-corrected chi connectivity index (χ2v) is 8.57. The number of nitrogens with one attached hydrogen (secondary N) is 2. The van der Waals surface area contributed by atoms with Crippen LogP contribution in [0.4, 0.5) is 24.5 Å². The molecule has 0 saturated heterocycles. The lowest BCUT2D eigenvalue weighted by molar-refractivity contribution is -0.145. The van der Waals surface area contributed by atoms with Gasteiger partial charge in [-0.25, -0.2) is 14.5 Å². The van der Waals surface area contributed by atoms with E-state index < -0.39 is 23.8 Å². The molecule has 194 valence electrons. The van der Waals surface area contributed by atoms with Crippen molar-refractivity contribution in [2.45, 2.75) is 19.6 Å². The summed E-state index contributed by atoms with van der Waals surface area (Å²) in [5.41, 5.74) is 0.995. The fourth-order valence-corrected chi connectivity index (χ4v) is 3.85. The summed E-state index contributed by atoms with van der Waals surface area (Å²) < 4.78 is 40.3. The van der Waals surface area contributed by atoms with Gasteiger partial charge in [0.05, 0.1) is 28.0 Å². The zero-order chi connectivity index (χ0) is 27.6. The van der Waals surface area contributed by atoms with Crippen molar-refractivity contribution in [3.05, 3.63) is 80.8 Å². The number of aromatic nitrogens is 7. The molecule has 38 heavy (non-hydrogen) atoms. The maximum atomic E-state index is 13.5. The van der Waals surface area contributed by atoms with Gasteiger partial charge in [0.25, 0.3) is 17.6 Å². The van der Waals surface area contributed by atoms with Gasteiger partial charge in [-0.2, -0.15) is 23.1 Å². The second kappa shape index (κ2) is 10.4. The monoisotopic (exact) mass is 588 g/mol. The van der Waals surface area contributed by atoms with E-state index in [-0.39, 0.29) is 40.7 Å². The molecule has 0 atom stereocenters. The van der Waals surface area contributed by atoms with Gasteiger partial charge in [0.15, 0.2) is 11.5 Å². The number of tetrazole rings is 1. The highest BCUT2D eigenvalue weighted by Gasteiger charge is 2.37. The van der Waals surface area contributed by atoms with Gasteiger partial charge in [-0.3, -0.25) is 9.59 Å². The summed E-state index contributed by atoms with van der Waals surface area (Å²) in [4.78, 5) is 34.2. The molecule has 0 saturated carbocycles.